The molecule has 1 fully saturated rings. The van der Waals surface area contributed by atoms with Crippen molar-refractivity contribution in [2.75, 3.05) is 32.8 Å². The molecule has 0 aromatic heterocycles. The van der Waals surface area contributed by atoms with Crippen molar-refractivity contribution in [3.05, 3.63) is 30.1 Å². The highest BCUT2D eigenvalue weighted by Crippen LogP contribution is 2.11. The normalized spacial score (nSPS) is 18.9. The summed E-state index contributed by atoms with van der Waals surface area (Å²) in [5, 5.41) is 5.79. The number of benzene rings is 1. The van der Waals surface area contributed by atoms with E-state index in [0.29, 0.717) is 25.4 Å². The van der Waals surface area contributed by atoms with Crippen LogP contribution in [0, 0.1) is 5.82 Å². The summed E-state index contributed by atoms with van der Waals surface area (Å²) in [6.45, 7) is 2.48. The molecule has 1 unspecified atom stereocenters. The average Bonchev–Trinajstić information content (AvgIpc) is 2.44. The van der Waals surface area contributed by atoms with Gasteiger partial charge in [-0.05, 0) is 12.1 Å². The molecular weight excluding hydrogens is 251 g/mol. The first kappa shape index (κ1) is 13.8. The predicted molar refractivity (Wildman–Crippen MR) is 67.5 cm³/mol. The first-order valence-electron chi connectivity index (χ1n) is 6.24. The third-order valence-corrected chi connectivity index (χ3v) is 2.69. The smallest absolute Gasteiger partial charge is 0.250 e. The fourth-order valence-electron chi connectivity index (χ4n) is 1.75. The molecule has 1 aromatic rings. The molecule has 19 heavy (non-hydrogen) atoms. The van der Waals surface area contributed by atoms with Crippen LogP contribution in [0.3, 0.4) is 0 Å². The van der Waals surface area contributed by atoms with Gasteiger partial charge < -0.3 is 20.1 Å². The lowest BCUT2D eigenvalue weighted by Crippen LogP contribution is -2.48. The molecule has 0 bridgehead atoms. The molecule has 1 amide bonds. The number of hydrogen-bond acceptors (Lipinski definition) is 4. The molecule has 104 valence electrons. The zero-order valence-electron chi connectivity index (χ0n) is 10.5. The molecule has 0 aliphatic carbocycles. The number of amides is 1. The van der Waals surface area contributed by atoms with Crippen molar-refractivity contribution >= 4 is 5.91 Å². The fourth-order valence-corrected chi connectivity index (χ4v) is 1.75. The molecule has 0 radical (unpaired) electrons. The average molecular weight is 268 g/mol. The van der Waals surface area contributed by atoms with Gasteiger partial charge in [0, 0.05) is 19.2 Å². The Labute approximate surface area is 111 Å². The lowest BCUT2D eigenvalue weighted by molar-refractivity contribution is -0.134. The zero-order chi connectivity index (χ0) is 13.5. The Morgan fingerprint density at radius 3 is 3.21 bits per heavy atom. The maximum atomic E-state index is 12.9. The van der Waals surface area contributed by atoms with E-state index >= 15 is 0 Å². The summed E-state index contributed by atoms with van der Waals surface area (Å²) in [7, 11) is 0. The van der Waals surface area contributed by atoms with Gasteiger partial charge in [-0.2, -0.15) is 0 Å². The van der Waals surface area contributed by atoms with Gasteiger partial charge in [0.15, 0.2) is 0 Å². The van der Waals surface area contributed by atoms with Crippen LogP contribution >= 0.6 is 0 Å². The van der Waals surface area contributed by atoms with Crippen molar-refractivity contribution in [2.24, 2.45) is 0 Å². The summed E-state index contributed by atoms with van der Waals surface area (Å²) in [5.41, 5.74) is 0. The van der Waals surface area contributed by atoms with Gasteiger partial charge in [-0.3, -0.25) is 4.79 Å². The number of rotatable bonds is 5. The van der Waals surface area contributed by atoms with Crippen molar-refractivity contribution in [3.8, 4) is 5.75 Å². The van der Waals surface area contributed by atoms with Gasteiger partial charge in [-0.15, -0.1) is 0 Å². The van der Waals surface area contributed by atoms with Gasteiger partial charge in [0.2, 0.25) is 0 Å². The Kier molecular flexibility index (Phi) is 5.11. The first-order valence-corrected chi connectivity index (χ1v) is 6.24. The van der Waals surface area contributed by atoms with Gasteiger partial charge in [-0.25, -0.2) is 4.39 Å². The van der Waals surface area contributed by atoms with E-state index in [4.69, 9.17) is 9.47 Å². The summed E-state index contributed by atoms with van der Waals surface area (Å²) in [4.78, 5) is 11.7. The van der Waals surface area contributed by atoms with Gasteiger partial charge in [-0.1, -0.05) is 6.07 Å². The molecule has 2 rings (SSSR count). The summed E-state index contributed by atoms with van der Waals surface area (Å²) in [6, 6.07) is 5.89. The molecule has 0 saturated carbocycles. The van der Waals surface area contributed by atoms with E-state index in [1.54, 1.807) is 12.1 Å². The van der Waals surface area contributed by atoms with Crippen molar-refractivity contribution < 1.29 is 18.7 Å². The number of carbonyl (C=O) groups excluding carboxylic acids is 1. The largest absolute Gasteiger partial charge is 0.492 e. The van der Waals surface area contributed by atoms with Crippen LogP contribution in [0.4, 0.5) is 4.39 Å². The third kappa shape index (κ3) is 4.50. The highest BCUT2D eigenvalue weighted by molar-refractivity contribution is 5.81. The predicted octanol–water partition coefficient (Wildman–Crippen LogP) is 0.309. The second kappa shape index (κ2) is 7.06. The second-order valence-corrected chi connectivity index (χ2v) is 4.16. The quantitative estimate of drug-likeness (QED) is 0.755. The van der Waals surface area contributed by atoms with Crippen molar-refractivity contribution in [1.29, 1.82) is 0 Å². The lowest BCUT2D eigenvalue weighted by Gasteiger charge is -2.22. The molecule has 1 aliphatic heterocycles. The Bertz CT molecular complexity index is 422. The van der Waals surface area contributed by atoms with E-state index in [2.05, 4.69) is 10.6 Å². The minimum Gasteiger partial charge on any atom is -0.492 e. The molecule has 6 heteroatoms. The number of nitrogens with one attached hydrogen (secondary N) is 2. The van der Waals surface area contributed by atoms with Crippen molar-refractivity contribution in [3.63, 3.8) is 0 Å². The molecular formula is C13H17FN2O3. The molecule has 5 nitrogen and oxygen atoms in total. The molecule has 1 saturated heterocycles. The SMILES string of the molecule is O=C(NCCOc1cccc(F)c1)C1CNCCO1. The van der Waals surface area contributed by atoms with Crippen LogP contribution in [-0.2, 0) is 9.53 Å². The van der Waals surface area contributed by atoms with E-state index in [-0.39, 0.29) is 18.3 Å². The number of ether oxygens (including phenoxy) is 2. The van der Waals surface area contributed by atoms with Crippen molar-refractivity contribution in [2.45, 2.75) is 6.10 Å². The highest BCUT2D eigenvalue weighted by Gasteiger charge is 2.20. The summed E-state index contributed by atoms with van der Waals surface area (Å²) >= 11 is 0. The standard InChI is InChI=1S/C13H17FN2O3/c14-10-2-1-3-11(8-10)18-7-5-16-13(17)12-9-15-4-6-19-12/h1-3,8,12,15H,4-7,9H2,(H,16,17). The second-order valence-electron chi connectivity index (χ2n) is 4.16. The van der Waals surface area contributed by atoms with E-state index in [1.807, 2.05) is 0 Å². The molecule has 1 heterocycles. The lowest BCUT2D eigenvalue weighted by atomic mass is 10.3. The molecule has 2 N–H and O–H groups in total. The Morgan fingerprint density at radius 1 is 1.58 bits per heavy atom. The van der Waals surface area contributed by atoms with Gasteiger partial charge >= 0.3 is 0 Å². The molecule has 1 atom stereocenters. The van der Waals surface area contributed by atoms with Crippen LogP contribution < -0.4 is 15.4 Å². The molecule has 0 spiro atoms. The summed E-state index contributed by atoms with van der Waals surface area (Å²) < 4.78 is 23.5. The minimum atomic E-state index is -0.442. The fraction of sp³-hybridized carbons (Fsp3) is 0.462. The Morgan fingerprint density at radius 2 is 2.47 bits per heavy atom. The number of carbonyl (C=O) groups is 1. The van der Waals surface area contributed by atoms with Crippen LogP contribution in [0.2, 0.25) is 0 Å². The molecule has 1 aliphatic rings. The maximum Gasteiger partial charge on any atom is 0.250 e. The highest BCUT2D eigenvalue weighted by atomic mass is 19.1. The van der Waals surface area contributed by atoms with Crippen LogP contribution in [-0.4, -0.2) is 44.9 Å². The monoisotopic (exact) mass is 268 g/mol. The van der Waals surface area contributed by atoms with Gasteiger partial charge in [0.05, 0.1) is 13.2 Å². The maximum absolute atomic E-state index is 12.9. The Hall–Kier alpha value is -1.66. The van der Waals surface area contributed by atoms with Crippen LogP contribution in [0.5, 0.6) is 5.75 Å². The number of morpholine rings is 1. The van der Waals surface area contributed by atoms with E-state index in [9.17, 15) is 9.18 Å². The van der Waals surface area contributed by atoms with Gasteiger partial charge in [0.1, 0.15) is 24.3 Å². The third-order valence-electron chi connectivity index (χ3n) is 2.69. The van der Waals surface area contributed by atoms with Crippen LogP contribution in [0.1, 0.15) is 0 Å². The van der Waals surface area contributed by atoms with Gasteiger partial charge in [0.25, 0.3) is 5.91 Å². The topological polar surface area (TPSA) is 59.6 Å². The zero-order valence-corrected chi connectivity index (χ0v) is 10.5. The van der Waals surface area contributed by atoms with E-state index < -0.39 is 6.10 Å². The van der Waals surface area contributed by atoms with Crippen molar-refractivity contribution in [1.82, 2.24) is 10.6 Å². The number of hydrogen-bond donors (Lipinski definition) is 2. The minimum absolute atomic E-state index is 0.157. The van der Waals surface area contributed by atoms with E-state index in [1.165, 1.54) is 12.1 Å². The molecule has 1 aromatic carbocycles. The van der Waals surface area contributed by atoms with E-state index in [0.717, 1.165) is 6.54 Å². The van der Waals surface area contributed by atoms with Crippen LogP contribution in [0.25, 0.3) is 0 Å². The Balaban J connectivity index is 1.65. The first-order chi connectivity index (χ1) is 9.25. The number of halogens is 1. The summed E-state index contributed by atoms with van der Waals surface area (Å²) in [5.74, 6) is -0.0527. The summed E-state index contributed by atoms with van der Waals surface area (Å²) in [6.07, 6.45) is -0.442. The van der Waals surface area contributed by atoms with Crippen LogP contribution in [0.15, 0.2) is 24.3 Å².